The Morgan fingerprint density at radius 1 is 1.24 bits per heavy atom. The lowest BCUT2D eigenvalue weighted by atomic mass is 9.84. The van der Waals surface area contributed by atoms with Crippen LogP contribution in [0.15, 0.2) is 12.7 Å². The molecule has 118 valence electrons. The Bertz CT molecular complexity index is 527. The van der Waals surface area contributed by atoms with Gasteiger partial charge in [0, 0.05) is 31.6 Å². The maximum Gasteiger partial charge on any atom is 0.223 e. The summed E-state index contributed by atoms with van der Waals surface area (Å²) in [4.78, 5) is 14.2. The molecule has 1 amide bonds. The van der Waals surface area contributed by atoms with Crippen molar-refractivity contribution in [3.05, 3.63) is 12.7 Å². The van der Waals surface area contributed by atoms with Crippen molar-refractivity contribution in [1.29, 1.82) is 0 Å². The van der Waals surface area contributed by atoms with Gasteiger partial charge in [-0.1, -0.05) is 6.08 Å². The quantitative estimate of drug-likeness (QED) is 0.720. The molecule has 3 fully saturated rings. The average Bonchev–Trinajstić information content (AvgIpc) is 3.29. The maximum absolute atomic E-state index is 12.3. The van der Waals surface area contributed by atoms with E-state index in [2.05, 4.69) is 11.5 Å². The zero-order valence-electron chi connectivity index (χ0n) is 12.4. The number of fused-ring (bicyclic) bond motifs is 1. The van der Waals surface area contributed by atoms with Crippen molar-refractivity contribution in [2.75, 3.05) is 18.8 Å². The topological polar surface area (TPSA) is 57.7 Å². The third kappa shape index (κ3) is 3.01. The highest BCUT2D eigenvalue weighted by molar-refractivity contribution is 7.89. The first kappa shape index (κ1) is 15.0. The minimum absolute atomic E-state index is 0.152. The van der Waals surface area contributed by atoms with Gasteiger partial charge in [-0.05, 0) is 38.0 Å². The van der Waals surface area contributed by atoms with Gasteiger partial charge < -0.3 is 4.90 Å². The van der Waals surface area contributed by atoms with Crippen LogP contribution in [0.5, 0.6) is 0 Å². The van der Waals surface area contributed by atoms with Gasteiger partial charge in [0.1, 0.15) is 0 Å². The van der Waals surface area contributed by atoms with E-state index in [0.717, 1.165) is 25.7 Å². The second-order valence-electron chi connectivity index (χ2n) is 6.44. The zero-order valence-corrected chi connectivity index (χ0v) is 13.2. The molecule has 3 aliphatic rings. The molecule has 1 saturated carbocycles. The molecule has 1 aliphatic carbocycles. The van der Waals surface area contributed by atoms with E-state index < -0.39 is 10.0 Å². The van der Waals surface area contributed by atoms with Crippen molar-refractivity contribution in [2.24, 2.45) is 5.92 Å². The predicted molar refractivity (Wildman–Crippen MR) is 81.2 cm³/mol. The first-order chi connectivity index (χ1) is 10.0. The number of hydrogen-bond donors (Lipinski definition) is 0. The van der Waals surface area contributed by atoms with Crippen LogP contribution >= 0.6 is 0 Å². The van der Waals surface area contributed by atoms with E-state index in [9.17, 15) is 13.2 Å². The molecular formula is C15H24N2O3S. The molecule has 2 heterocycles. The minimum Gasteiger partial charge on any atom is -0.336 e. The van der Waals surface area contributed by atoms with Gasteiger partial charge in [-0.2, -0.15) is 0 Å². The molecule has 6 heteroatoms. The monoisotopic (exact) mass is 312 g/mol. The number of allylic oxidation sites excluding steroid dienone is 1. The fraction of sp³-hybridized carbons (Fsp3) is 0.800. The summed E-state index contributed by atoms with van der Waals surface area (Å²) in [6, 6.07) is 0.707. The number of amides is 1. The Kier molecular flexibility index (Phi) is 4.10. The fourth-order valence-corrected chi connectivity index (χ4v) is 5.23. The Morgan fingerprint density at radius 3 is 2.67 bits per heavy atom. The third-order valence-corrected chi connectivity index (χ3v) is 6.81. The van der Waals surface area contributed by atoms with Gasteiger partial charge in [0.2, 0.25) is 15.9 Å². The van der Waals surface area contributed by atoms with E-state index in [0.29, 0.717) is 37.9 Å². The summed E-state index contributed by atoms with van der Waals surface area (Å²) < 4.78 is 26.3. The SMILES string of the molecule is C=CCCS(=O)(=O)N1CC[C@@H]2[C@H](CCC(=O)N2C2CC2)C1. The van der Waals surface area contributed by atoms with Crippen LogP contribution in [0.25, 0.3) is 0 Å². The number of carbonyl (C=O) groups excluding carboxylic acids is 1. The van der Waals surface area contributed by atoms with Crippen molar-refractivity contribution in [3.8, 4) is 0 Å². The van der Waals surface area contributed by atoms with E-state index in [-0.39, 0.29) is 17.7 Å². The molecule has 0 aromatic carbocycles. The summed E-state index contributed by atoms with van der Waals surface area (Å²) in [6.07, 6.45) is 6.60. The zero-order chi connectivity index (χ0) is 15.0. The highest BCUT2D eigenvalue weighted by atomic mass is 32.2. The Labute approximate surface area is 127 Å². The number of sulfonamides is 1. The third-order valence-electron chi connectivity index (χ3n) is 4.94. The first-order valence-corrected chi connectivity index (χ1v) is 9.53. The predicted octanol–water partition coefficient (Wildman–Crippen LogP) is 1.37. The normalized spacial score (nSPS) is 31.0. The highest BCUT2D eigenvalue weighted by Gasteiger charge is 2.46. The number of likely N-dealkylation sites (tertiary alicyclic amines) is 1. The van der Waals surface area contributed by atoms with Gasteiger partial charge in [0.25, 0.3) is 0 Å². The standard InChI is InChI=1S/C15H24N2O3S/c1-2-3-10-21(19,20)16-9-8-14-12(11-16)4-7-15(18)17(14)13-5-6-13/h2,12-14H,1,3-11H2/t12-,14-/m1/s1. The molecule has 3 rings (SSSR count). The molecule has 21 heavy (non-hydrogen) atoms. The first-order valence-electron chi connectivity index (χ1n) is 7.93. The largest absolute Gasteiger partial charge is 0.336 e. The van der Waals surface area contributed by atoms with Crippen LogP contribution in [0.2, 0.25) is 0 Å². The van der Waals surface area contributed by atoms with Gasteiger partial charge in [-0.3, -0.25) is 4.79 Å². The van der Waals surface area contributed by atoms with E-state index in [1.165, 1.54) is 0 Å². The van der Waals surface area contributed by atoms with Crippen LogP contribution < -0.4 is 0 Å². The van der Waals surface area contributed by atoms with Crippen LogP contribution in [0.4, 0.5) is 0 Å². The highest BCUT2D eigenvalue weighted by Crippen LogP contribution is 2.39. The number of rotatable bonds is 5. The minimum atomic E-state index is -3.17. The van der Waals surface area contributed by atoms with E-state index in [1.54, 1.807) is 10.4 Å². The lowest BCUT2D eigenvalue weighted by Gasteiger charge is -2.46. The van der Waals surface area contributed by atoms with Crippen LogP contribution in [0.3, 0.4) is 0 Å². The van der Waals surface area contributed by atoms with Crippen molar-refractivity contribution in [2.45, 2.75) is 50.6 Å². The Hall–Kier alpha value is -0.880. The van der Waals surface area contributed by atoms with E-state index in [1.807, 2.05) is 0 Å². The summed E-state index contributed by atoms with van der Waals surface area (Å²) in [6.45, 7) is 4.73. The van der Waals surface area contributed by atoms with Crippen LogP contribution in [-0.4, -0.2) is 54.5 Å². The summed E-state index contributed by atoms with van der Waals surface area (Å²) >= 11 is 0. The number of piperidine rings is 2. The van der Waals surface area contributed by atoms with Gasteiger partial charge >= 0.3 is 0 Å². The summed E-state index contributed by atoms with van der Waals surface area (Å²) in [5.41, 5.74) is 0. The Morgan fingerprint density at radius 2 is 2.00 bits per heavy atom. The van der Waals surface area contributed by atoms with E-state index >= 15 is 0 Å². The molecule has 0 bridgehead atoms. The summed E-state index contributed by atoms with van der Waals surface area (Å²) in [7, 11) is -3.17. The molecule has 0 N–H and O–H groups in total. The second kappa shape index (κ2) is 5.72. The van der Waals surface area contributed by atoms with Crippen LogP contribution in [0.1, 0.15) is 38.5 Å². The Balaban J connectivity index is 1.68. The van der Waals surface area contributed by atoms with Crippen molar-refractivity contribution < 1.29 is 13.2 Å². The molecule has 0 aromatic heterocycles. The second-order valence-corrected chi connectivity index (χ2v) is 8.53. The van der Waals surface area contributed by atoms with Crippen molar-refractivity contribution >= 4 is 15.9 Å². The summed E-state index contributed by atoms with van der Waals surface area (Å²) in [5, 5.41) is 0. The lowest BCUT2D eigenvalue weighted by Crippen LogP contribution is -2.57. The van der Waals surface area contributed by atoms with Gasteiger partial charge in [-0.25, -0.2) is 12.7 Å². The molecule has 2 saturated heterocycles. The molecule has 0 unspecified atom stereocenters. The molecular weight excluding hydrogens is 288 g/mol. The van der Waals surface area contributed by atoms with Crippen molar-refractivity contribution in [3.63, 3.8) is 0 Å². The molecule has 0 spiro atoms. The summed E-state index contributed by atoms with van der Waals surface area (Å²) in [5.74, 6) is 0.747. The van der Waals surface area contributed by atoms with Gasteiger partial charge in [0.05, 0.1) is 5.75 Å². The van der Waals surface area contributed by atoms with Crippen LogP contribution in [-0.2, 0) is 14.8 Å². The lowest BCUT2D eigenvalue weighted by molar-refractivity contribution is -0.141. The van der Waals surface area contributed by atoms with E-state index in [4.69, 9.17) is 0 Å². The molecule has 2 atom stereocenters. The molecule has 5 nitrogen and oxygen atoms in total. The van der Waals surface area contributed by atoms with Gasteiger partial charge in [-0.15, -0.1) is 6.58 Å². The number of hydrogen-bond acceptors (Lipinski definition) is 3. The molecule has 2 aliphatic heterocycles. The van der Waals surface area contributed by atoms with Crippen molar-refractivity contribution in [1.82, 2.24) is 9.21 Å². The molecule has 0 radical (unpaired) electrons. The van der Waals surface area contributed by atoms with Gasteiger partial charge in [0.15, 0.2) is 0 Å². The van der Waals surface area contributed by atoms with Crippen LogP contribution in [0, 0.1) is 5.92 Å². The fourth-order valence-electron chi connectivity index (χ4n) is 3.70. The molecule has 0 aromatic rings. The number of carbonyl (C=O) groups is 1. The average molecular weight is 312 g/mol. The smallest absolute Gasteiger partial charge is 0.223 e. The number of nitrogens with zero attached hydrogens (tertiary/aromatic N) is 2. The maximum atomic E-state index is 12.3.